The van der Waals surface area contributed by atoms with Gasteiger partial charge in [-0.15, -0.1) is 0 Å². The summed E-state index contributed by atoms with van der Waals surface area (Å²) in [6.45, 7) is 11.1. The fourth-order valence-electron chi connectivity index (χ4n) is 5.41. The maximum atomic E-state index is 5.61. The molecule has 194 valence electrons. The summed E-state index contributed by atoms with van der Waals surface area (Å²) in [5.74, 6) is 3.76. The quantitative estimate of drug-likeness (QED) is 0.455. The van der Waals surface area contributed by atoms with Crippen LogP contribution in [0.15, 0.2) is 66.7 Å². The fourth-order valence-corrected chi connectivity index (χ4v) is 5.57. The summed E-state index contributed by atoms with van der Waals surface area (Å²) in [5.41, 5.74) is 2.45. The van der Waals surface area contributed by atoms with Crippen molar-refractivity contribution in [3.63, 3.8) is 0 Å². The van der Waals surface area contributed by atoms with Gasteiger partial charge < -0.3 is 25.3 Å². The number of thiocarbonyl (C=S) groups is 1. The van der Waals surface area contributed by atoms with Gasteiger partial charge >= 0.3 is 0 Å². The van der Waals surface area contributed by atoms with Gasteiger partial charge in [-0.1, -0.05) is 62.4 Å². The van der Waals surface area contributed by atoms with E-state index in [9.17, 15) is 0 Å². The van der Waals surface area contributed by atoms with Crippen molar-refractivity contribution in [2.75, 3.05) is 59.3 Å². The number of nitrogens with zero attached hydrogens (tertiary/aromatic N) is 5. The zero-order valence-electron chi connectivity index (χ0n) is 21.8. The van der Waals surface area contributed by atoms with E-state index >= 15 is 0 Å². The third-order valence-corrected chi connectivity index (χ3v) is 7.38. The molecule has 2 aromatic carbocycles. The zero-order valence-corrected chi connectivity index (χ0v) is 22.6. The molecule has 0 spiro atoms. The second kappa shape index (κ2) is 11.8. The molecule has 5 rings (SSSR count). The van der Waals surface area contributed by atoms with Gasteiger partial charge in [0.2, 0.25) is 5.95 Å². The third-order valence-electron chi connectivity index (χ3n) is 7.14. The van der Waals surface area contributed by atoms with E-state index in [-0.39, 0.29) is 0 Å². The molecule has 3 aromatic rings. The van der Waals surface area contributed by atoms with Crippen LogP contribution in [0, 0.1) is 11.8 Å². The molecule has 2 aliphatic heterocycles. The lowest BCUT2D eigenvalue weighted by Crippen LogP contribution is -2.47. The first kappa shape index (κ1) is 25.3. The Bertz CT molecular complexity index is 1160. The average Bonchev–Trinajstić information content (AvgIpc) is 2.92. The summed E-state index contributed by atoms with van der Waals surface area (Å²) in [6.07, 6.45) is 1.26. The summed E-state index contributed by atoms with van der Waals surface area (Å²) in [5, 5.41) is 7.08. The van der Waals surface area contributed by atoms with Crippen molar-refractivity contribution in [3.8, 4) is 0 Å². The van der Waals surface area contributed by atoms with E-state index in [0.717, 1.165) is 50.9 Å². The van der Waals surface area contributed by atoms with Crippen molar-refractivity contribution in [2.24, 2.45) is 11.8 Å². The summed E-state index contributed by atoms with van der Waals surface area (Å²) in [6, 6.07) is 23.0. The third kappa shape index (κ3) is 6.68. The molecule has 2 saturated heterocycles. The van der Waals surface area contributed by atoms with Crippen LogP contribution in [-0.2, 0) is 6.54 Å². The smallest absolute Gasteiger partial charge is 0.232 e. The van der Waals surface area contributed by atoms with E-state index in [1.165, 1.54) is 17.7 Å². The van der Waals surface area contributed by atoms with Crippen LogP contribution in [0.4, 0.5) is 23.3 Å². The summed E-state index contributed by atoms with van der Waals surface area (Å²) < 4.78 is 0. The van der Waals surface area contributed by atoms with Gasteiger partial charge in [-0.3, -0.25) is 0 Å². The predicted molar refractivity (Wildman–Crippen MR) is 158 cm³/mol. The molecule has 0 unspecified atom stereocenters. The van der Waals surface area contributed by atoms with Crippen LogP contribution in [0.1, 0.15) is 25.8 Å². The Morgan fingerprint density at radius 1 is 0.811 bits per heavy atom. The molecule has 2 fully saturated rings. The van der Waals surface area contributed by atoms with Gasteiger partial charge in [0.1, 0.15) is 11.6 Å². The van der Waals surface area contributed by atoms with Crippen molar-refractivity contribution < 1.29 is 0 Å². The molecule has 7 nitrogen and oxygen atoms in total. The number of hydrogen-bond acceptors (Lipinski definition) is 6. The Kier molecular flexibility index (Phi) is 8.04. The van der Waals surface area contributed by atoms with Crippen LogP contribution in [0.2, 0.25) is 0 Å². The summed E-state index contributed by atoms with van der Waals surface area (Å²) >= 11 is 5.61. The maximum absolute atomic E-state index is 5.61. The molecule has 37 heavy (non-hydrogen) atoms. The maximum Gasteiger partial charge on any atom is 0.232 e. The molecule has 0 radical (unpaired) electrons. The van der Waals surface area contributed by atoms with E-state index in [1.807, 2.05) is 18.2 Å². The number of rotatable bonds is 6. The number of aromatic nitrogens is 2. The van der Waals surface area contributed by atoms with Crippen molar-refractivity contribution in [3.05, 3.63) is 72.3 Å². The highest BCUT2D eigenvalue weighted by atomic mass is 32.1. The number of benzene rings is 2. The molecule has 0 bridgehead atoms. The van der Waals surface area contributed by atoms with Gasteiger partial charge in [-0.2, -0.15) is 9.97 Å². The number of anilines is 4. The first-order chi connectivity index (χ1) is 18.0. The van der Waals surface area contributed by atoms with Crippen molar-refractivity contribution in [2.45, 2.75) is 26.8 Å². The van der Waals surface area contributed by atoms with Gasteiger partial charge in [0, 0.05) is 57.6 Å². The molecule has 1 aromatic heterocycles. The normalized spacial score (nSPS) is 20.0. The van der Waals surface area contributed by atoms with E-state index in [4.69, 9.17) is 22.2 Å². The van der Waals surface area contributed by atoms with Crippen LogP contribution >= 0.6 is 12.2 Å². The molecule has 0 saturated carbocycles. The molecule has 0 aliphatic carbocycles. The van der Waals surface area contributed by atoms with E-state index in [0.29, 0.717) is 29.4 Å². The van der Waals surface area contributed by atoms with Crippen LogP contribution in [0.3, 0.4) is 0 Å². The Morgan fingerprint density at radius 2 is 1.38 bits per heavy atom. The van der Waals surface area contributed by atoms with E-state index < -0.39 is 0 Å². The van der Waals surface area contributed by atoms with Gasteiger partial charge in [-0.25, -0.2) is 0 Å². The number of para-hydroxylation sites is 1. The standard InChI is InChI=1S/C29H37N7S/c1-22-17-23(2)21-36(20-22)27-18-26(35-15-13-34(14-16-35)25-11-7-4-8-12-25)31-28(32-27)33-29(37)30-19-24-9-5-3-6-10-24/h3-12,18,22-23H,13-17,19-21H2,1-2H3,(H2,30,31,32,33,37)/t22-,23-/m1/s1. The van der Waals surface area contributed by atoms with E-state index in [2.05, 4.69) is 87.7 Å². The highest BCUT2D eigenvalue weighted by Gasteiger charge is 2.25. The second-order valence-corrected chi connectivity index (χ2v) is 10.8. The van der Waals surface area contributed by atoms with Gasteiger partial charge in [-0.05, 0) is 48.2 Å². The van der Waals surface area contributed by atoms with Crippen LogP contribution in [-0.4, -0.2) is 54.3 Å². The first-order valence-electron chi connectivity index (χ1n) is 13.3. The molecule has 2 aliphatic rings. The lowest BCUT2D eigenvalue weighted by molar-refractivity contribution is 0.355. The van der Waals surface area contributed by atoms with Crippen LogP contribution < -0.4 is 25.3 Å². The summed E-state index contributed by atoms with van der Waals surface area (Å²) in [7, 11) is 0. The van der Waals surface area contributed by atoms with E-state index in [1.54, 1.807) is 0 Å². The Labute approximate surface area is 225 Å². The van der Waals surface area contributed by atoms with Crippen LogP contribution in [0.5, 0.6) is 0 Å². The van der Waals surface area contributed by atoms with Crippen molar-refractivity contribution >= 4 is 40.6 Å². The minimum absolute atomic E-state index is 0.529. The minimum atomic E-state index is 0.529. The number of piperazine rings is 1. The minimum Gasteiger partial charge on any atom is -0.368 e. The lowest BCUT2D eigenvalue weighted by Gasteiger charge is -2.38. The number of hydrogen-bond donors (Lipinski definition) is 2. The second-order valence-electron chi connectivity index (χ2n) is 10.4. The average molecular weight is 516 g/mol. The largest absolute Gasteiger partial charge is 0.368 e. The molecule has 2 N–H and O–H groups in total. The Morgan fingerprint density at radius 3 is 2.03 bits per heavy atom. The topological polar surface area (TPSA) is 59.6 Å². The molecule has 0 amide bonds. The molecule has 2 atom stereocenters. The zero-order chi connectivity index (χ0) is 25.6. The van der Waals surface area contributed by atoms with Crippen molar-refractivity contribution in [1.82, 2.24) is 15.3 Å². The lowest BCUT2D eigenvalue weighted by atomic mass is 9.92. The molecular formula is C29H37N7S. The molecule has 3 heterocycles. The SMILES string of the molecule is C[C@@H]1C[C@@H](C)CN(c2cc(N3CCN(c4ccccc4)CC3)nc(NC(=S)NCc3ccccc3)n2)C1. The summed E-state index contributed by atoms with van der Waals surface area (Å²) in [4.78, 5) is 17.1. The first-order valence-corrected chi connectivity index (χ1v) is 13.7. The fraction of sp³-hybridized carbons (Fsp3) is 0.414. The monoisotopic (exact) mass is 515 g/mol. The van der Waals surface area contributed by atoms with Crippen molar-refractivity contribution in [1.29, 1.82) is 0 Å². The highest BCUT2D eigenvalue weighted by molar-refractivity contribution is 7.80. The molecular weight excluding hydrogens is 478 g/mol. The van der Waals surface area contributed by atoms with Gasteiger partial charge in [0.25, 0.3) is 0 Å². The number of nitrogens with one attached hydrogen (secondary N) is 2. The van der Waals surface area contributed by atoms with Crippen LogP contribution in [0.25, 0.3) is 0 Å². The molecule has 8 heteroatoms. The predicted octanol–water partition coefficient (Wildman–Crippen LogP) is 4.77. The van der Waals surface area contributed by atoms with Gasteiger partial charge in [0.15, 0.2) is 5.11 Å². The highest BCUT2D eigenvalue weighted by Crippen LogP contribution is 2.29. The number of piperidine rings is 1. The Hall–Kier alpha value is -3.39. The van der Waals surface area contributed by atoms with Gasteiger partial charge in [0.05, 0.1) is 0 Å². The Balaban J connectivity index is 1.32.